The van der Waals surface area contributed by atoms with E-state index in [1.54, 1.807) is 6.20 Å². The highest BCUT2D eigenvalue weighted by atomic mass is 15.1. The minimum Gasteiger partial charge on any atom is -0.434 e. The zero-order chi connectivity index (χ0) is 11.0. The van der Waals surface area contributed by atoms with E-state index in [1.807, 2.05) is 18.5 Å². The number of nitrogens with one attached hydrogen (secondary N) is 1. The standard InChI is InChI=1S/C13H13N3/c1-16-8-5-11-12(16)4-7-15-13(11)10-3-2-6-14-9-10/h2-4,6-7,9,16H,1,5,8H2. The van der Waals surface area contributed by atoms with E-state index in [4.69, 9.17) is 0 Å². The van der Waals surface area contributed by atoms with Crippen molar-refractivity contribution in [1.29, 1.82) is 0 Å². The number of quaternary nitrogens is 1. The van der Waals surface area contributed by atoms with Crippen molar-refractivity contribution in [3.8, 4) is 11.3 Å². The Balaban J connectivity index is 2.17. The molecule has 0 aliphatic carbocycles. The highest BCUT2D eigenvalue weighted by molar-refractivity contribution is 5.67. The molecule has 3 heteroatoms. The Morgan fingerprint density at radius 1 is 1.25 bits per heavy atom. The molecule has 0 spiro atoms. The third kappa shape index (κ3) is 1.41. The van der Waals surface area contributed by atoms with E-state index in [9.17, 15) is 0 Å². The van der Waals surface area contributed by atoms with Gasteiger partial charge in [-0.3, -0.25) is 9.97 Å². The van der Waals surface area contributed by atoms with Crippen LogP contribution in [-0.4, -0.2) is 16.5 Å². The van der Waals surface area contributed by atoms with Crippen LogP contribution in [0.25, 0.3) is 11.3 Å². The Labute approximate surface area is 94.8 Å². The molecule has 0 amide bonds. The van der Waals surface area contributed by atoms with Gasteiger partial charge in [-0.2, -0.15) is 0 Å². The molecule has 0 fully saturated rings. The lowest BCUT2D eigenvalue weighted by Gasteiger charge is -2.13. The molecular weight excluding hydrogens is 198 g/mol. The molecule has 1 aliphatic rings. The fraction of sp³-hybridized carbons (Fsp3) is 0.154. The van der Waals surface area contributed by atoms with Crippen molar-refractivity contribution in [3.63, 3.8) is 0 Å². The van der Waals surface area contributed by atoms with E-state index < -0.39 is 0 Å². The first kappa shape index (κ1) is 9.48. The average molecular weight is 211 g/mol. The SMILES string of the molecule is [CH2-][NH+]1CCc2c1ccnc2-c1cccnc1. The molecule has 3 heterocycles. The van der Waals surface area contributed by atoms with Crippen LogP contribution in [0.1, 0.15) is 5.56 Å². The Morgan fingerprint density at radius 3 is 3.00 bits per heavy atom. The van der Waals surface area contributed by atoms with E-state index in [1.165, 1.54) is 16.2 Å². The van der Waals surface area contributed by atoms with Gasteiger partial charge in [0.15, 0.2) is 0 Å². The van der Waals surface area contributed by atoms with Crippen LogP contribution in [0.5, 0.6) is 0 Å². The molecule has 0 saturated heterocycles. The molecule has 80 valence electrons. The maximum Gasteiger partial charge on any atom is 0.112 e. The summed E-state index contributed by atoms with van der Waals surface area (Å²) in [6.07, 6.45) is 6.55. The minimum atomic E-state index is 1.05. The zero-order valence-electron chi connectivity index (χ0n) is 8.98. The number of nitrogens with zero attached hydrogens (tertiary/aromatic N) is 2. The lowest BCUT2D eigenvalue weighted by molar-refractivity contribution is -0.775. The summed E-state index contributed by atoms with van der Waals surface area (Å²) >= 11 is 0. The summed E-state index contributed by atoms with van der Waals surface area (Å²) in [5.41, 5.74) is 4.74. The van der Waals surface area contributed by atoms with Crippen LogP contribution in [0, 0.1) is 7.05 Å². The lowest BCUT2D eigenvalue weighted by Crippen LogP contribution is -3.00. The second-order valence-corrected chi connectivity index (χ2v) is 4.03. The van der Waals surface area contributed by atoms with Crippen LogP contribution in [-0.2, 0) is 6.42 Å². The second-order valence-electron chi connectivity index (χ2n) is 4.03. The van der Waals surface area contributed by atoms with E-state index in [0.29, 0.717) is 0 Å². The van der Waals surface area contributed by atoms with E-state index >= 15 is 0 Å². The van der Waals surface area contributed by atoms with Crippen LogP contribution in [0.2, 0.25) is 0 Å². The van der Waals surface area contributed by atoms with Gasteiger partial charge in [0, 0.05) is 42.2 Å². The smallest absolute Gasteiger partial charge is 0.112 e. The Morgan fingerprint density at radius 2 is 2.19 bits per heavy atom. The molecule has 0 aromatic carbocycles. The Hall–Kier alpha value is -1.74. The van der Waals surface area contributed by atoms with Crippen molar-refractivity contribution in [3.05, 3.63) is 49.4 Å². The first-order valence-corrected chi connectivity index (χ1v) is 5.42. The molecule has 0 radical (unpaired) electrons. The molecule has 2 aromatic rings. The molecule has 0 saturated carbocycles. The van der Waals surface area contributed by atoms with Gasteiger partial charge in [0.05, 0.1) is 12.2 Å². The molecule has 3 nitrogen and oxygen atoms in total. The number of hydrogen-bond acceptors (Lipinski definition) is 2. The highest BCUT2D eigenvalue weighted by Gasteiger charge is 2.21. The van der Waals surface area contributed by atoms with Gasteiger partial charge in [0.1, 0.15) is 5.69 Å². The Kier molecular flexibility index (Phi) is 2.18. The lowest BCUT2D eigenvalue weighted by atomic mass is 10.1. The minimum absolute atomic E-state index is 1.05. The topological polar surface area (TPSA) is 30.2 Å². The monoisotopic (exact) mass is 211 g/mol. The number of aromatic nitrogens is 2. The molecule has 1 aliphatic heterocycles. The molecule has 1 N–H and O–H groups in total. The molecule has 0 bridgehead atoms. The molecule has 1 atom stereocenters. The predicted octanol–water partition coefficient (Wildman–Crippen LogP) is 1.01. The largest absolute Gasteiger partial charge is 0.434 e. The van der Waals surface area contributed by atoms with Crippen LogP contribution in [0.4, 0.5) is 5.69 Å². The molecular formula is C13H13N3. The number of pyridine rings is 2. The summed E-state index contributed by atoms with van der Waals surface area (Å²) in [7, 11) is 4.09. The van der Waals surface area contributed by atoms with Crippen LogP contribution >= 0.6 is 0 Å². The maximum absolute atomic E-state index is 4.47. The predicted molar refractivity (Wildman–Crippen MR) is 62.0 cm³/mol. The summed E-state index contributed by atoms with van der Waals surface area (Å²) in [6, 6.07) is 6.06. The van der Waals surface area contributed by atoms with Crippen molar-refractivity contribution in [2.45, 2.75) is 6.42 Å². The van der Waals surface area contributed by atoms with Crippen LogP contribution in [0.15, 0.2) is 36.8 Å². The molecule has 16 heavy (non-hydrogen) atoms. The second kappa shape index (κ2) is 3.68. The van der Waals surface area contributed by atoms with Gasteiger partial charge in [-0.15, -0.1) is 7.05 Å². The van der Waals surface area contributed by atoms with E-state index in [2.05, 4.69) is 29.1 Å². The fourth-order valence-electron chi connectivity index (χ4n) is 2.24. The van der Waals surface area contributed by atoms with Gasteiger partial charge < -0.3 is 4.90 Å². The number of hydrogen-bond donors (Lipinski definition) is 1. The molecule has 1 unspecified atom stereocenters. The zero-order valence-corrected chi connectivity index (χ0v) is 8.98. The van der Waals surface area contributed by atoms with Crippen LogP contribution in [0.3, 0.4) is 0 Å². The molecule has 3 rings (SSSR count). The maximum atomic E-state index is 4.47. The van der Waals surface area contributed by atoms with Crippen molar-refractivity contribution in [1.82, 2.24) is 9.97 Å². The quantitative estimate of drug-likeness (QED) is 0.713. The van der Waals surface area contributed by atoms with Crippen LogP contribution < -0.4 is 4.90 Å². The van der Waals surface area contributed by atoms with Crippen molar-refractivity contribution in [2.75, 3.05) is 6.54 Å². The third-order valence-electron chi connectivity index (χ3n) is 3.05. The Bertz CT molecular complexity index is 508. The summed E-state index contributed by atoms with van der Waals surface area (Å²) in [5, 5.41) is 0. The van der Waals surface area contributed by atoms with E-state index in [-0.39, 0.29) is 0 Å². The fourth-order valence-corrected chi connectivity index (χ4v) is 2.24. The van der Waals surface area contributed by atoms with Gasteiger partial charge in [0.2, 0.25) is 0 Å². The first-order valence-electron chi connectivity index (χ1n) is 5.42. The van der Waals surface area contributed by atoms with Crippen molar-refractivity contribution >= 4 is 5.69 Å². The van der Waals surface area contributed by atoms with Gasteiger partial charge in [0.25, 0.3) is 0 Å². The summed E-state index contributed by atoms with van der Waals surface area (Å²) in [4.78, 5) is 9.84. The summed E-state index contributed by atoms with van der Waals surface area (Å²) < 4.78 is 0. The van der Waals surface area contributed by atoms with Gasteiger partial charge >= 0.3 is 0 Å². The van der Waals surface area contributed by atoms with Gasteiger partial charge in [-0.1, -0.05) is 0 Å². The van der Waals surface area contributed by atoms with Gasteiger partial charge in [-0.05, 0) is 12.1 Å². The summed E-state index contributed by atoms with van der Waals surface area (Å²) in [6.45, 7) is 1.05. The third-order valence-corrected chi connectivity index (χ3v) is 3.05. The number of fused-ring (bicyclic) bond motifs is 1. The average Bonchev–Trinajstić information content (AvgIpc) is 2.73. The van der Waals surface area contributed by atoms with Gasteiger partial charge in [-0.25, -0.2) is 0 Å². The van der Waals surface area contributed by atoms with Crippen molar-refractivity contribution in [2.24, 2.45) is 0 Å². The molecule has 2 aromatic heterocycles. The first-order chi connectivity index (χ1) is 7.86. The highest BCUT2D eigenvalue weighted by Crippen LogP contribution is 2.26. The number of rotatable bonds is 1. The van der Waals surface area contributed by atoms with Crippen molar-refractivity contribution < 1.29 is 4.90 Å². The van der Waals surface area contributed by atoms with E-state index in [0.717, 1.165) is 24.2 Å². The normalized spacial score (nSPS) is 18.4. The summed E-state index contributed by atoms with van der Waals surface area (Å²) in [5.74, 6) is 0.